The van der Waals surface area contributed by atoms with Crippen molar-refractivity contribution < 1.29 is 28.2 Å². The van der Waals surface area contributed by atoms with Crippen molar-refractivity contribution in [1.82, 2.24) is 4.31 Å². The standard InChI is InChI=1S/C17H20ClNO6S2/c1-11(21)14(10-20)19(27(23,24)16-8-7-15(18)26-16)9-12-3-5-13(6-4-12)17(22)25-2/h3-8,11,14,20-21H,9-10H2,1-2H3/t11-,14-/m0/s1. The van der Waals surface area contributed by atoms with Gasteiger partial charge in [0.1, 0.15) is 4.21 Å². The number of aliphatic hydroxyl groups excluding tert-OH is 2. The van der Waals surface area contributed by atoms with Gasteiger partial charge in [-0.25, -0.2) is 13.2 Å². The summed E-state index contributed by atoms with van der Waals surface area (Å²) in [7, 11) is -2.74. The number of carbonyl (C=O) groups excluding carboxylic acids is 1. The molecule has 0 aliphatic heterocycles. The maximum absolute atomic E-state index is 13.1. The molecule has 0 fully saturated rings. The lowest BCUT2D eigenvalue weighted by Gasteiger charge is -2.31. The molecular weight excluding hydrogens is 414 g/mol. The number of carbonyl (C=O) groups is 1. The molecule has 1 heterocycles. The van der Waals surface area contributed by atoms with Crippen LogP contribution in [0.4, 0.5) is 0 Å². The minimum absolute atomic E-state index is 0.0118. The lowest BCUT2D eigenvalue weighted by atomic mass is 10.1. The highest BCUT2D eigenvalue weighted by Crippen LogP contribution is 2.30. The molecule has 0 radical (unpaired) electrons. The van der Waals surface area contributed by atoms with Crippen molar-refractivity contribution in [2.45, 2.75) is 29.8 Å². The van der Waals surface area contributed by atoms with Gasteiger partial charge in [-0.1, -0.05) is 23.7 Å². The van der Waals surface area contributed by atoms with Crippen LogP contribution in [-0.2, 0) is 21.3 Å². The Hall–Kier alpha value is -1.49. The highest BCUT2D eigenvalue weighted by atomic mass is 35.5. The van der Waals surface area contributed by atoms with Crippen molar-refractivity contribution in [3.05, 3.63) is 51.9 Å². The van der Waals surface area contributed by atoms with E-state index in [1.807, 2.05) is 0 Å². The maximum Gasteiger partial charge on any atom is 0.337 e. The molecule has 2 N–H and O–H groups in total. The number of hydrogen-bond acceptors (Lipinski definition) is 7. The molecule has 0 aliphatic rings. The number of benzene rings is 1. The zero-order chi connectivity index (χ0) is 20.2. The molecule has 1 aromatic carbocycles. The summed E-state index contributed by atoms with van der Waals surface area (Å²) in [6.07, 6.45) is -1.10. The first kappa shape index (κ1) is 21.8. The molecule has 0 spiro atoms. The number of ether oxygens (including phenoxy) is 1. The summed E-state index contributed by atoms with van der Waals surface area (Å²) in [6.45, 7) is 0.747. The van der Waals surface area contributed by atoms with E-state index in [-0.39, 0.29) is 10.8 Å². The van der Waals surface area contributed by atoms with E-state index < -0.39 is 34.7 Å². The van der Waals surface area contributed by atoms with Crippen molar-refractivity contribution in [2.24, 2.45) is 0 Å². The van der Waals surface area contributed by atoms with Gasteiger partial charge in [-0.05, 0) is 36.8 Å². The van der Waals surface area contributed by atoms with Gasteiger partial charge in [0.15, 0.2) is 0 Å². The van der Waals surface area contributed by atoms with Crippen LogP contribution in [0.15, 0.2) is 40.6 Å². The van der Waals surface area contributed by atoms with E-state index in [2.05, 4.69) is 4.74 Å². The molecule has 0 amide bonds. The monoisotopic (exact) mass is 433 g/mol. The Morgan fingerprint density at radius 3 is 2.33 bits per heavy atom. The van der Waals surface area contributed by atoms with Crippen molar-refractivity contribution in [3.63, 3.8) is 0 Å². The Balaban J connectivity index is 2.40. The zero-order valence-corrected chi connectivity index (χ0v) is 17.1. The summed E-state index contributed by atoms with van der Waals surface area (Å²) in [4.78, 5) is 11.5. The third-order valence-electron chi connectivity index (χ3n) is 3.94. The summed E-state index contributed by atoms with van der Waals surface area (Å²) >= 11 is 6.76. The van der Waals surface area contributed by atoms with Crippen molar-refractivity contribution in [3.8, 4) is 0 Å². The lowest BCUT2D eigenvalue weighted by molar-refractivity contribution is 0.0600. The number of aliphatic hydroxyl groups is 2. The second-order valence-corrected chi connectivity index (χ2v) is 9.62. The van der Waals surface area contributed by atoms with Crippen LogP contribution >= 0.6 is 22.9 Å². The van der Waals surface area contributed by atoms with Crippen LogP contribution in [0.2, 0.25) is 4.34 Å². The van der Waals surface area contributed by atoms with Crippen LogP contribution in [0.25, 0.3) is 0 Å². The van der Waals surface area contributed by atoms with E-state index in [1.165, 1.54) is 38.3 Å². The molecule has 0 unspecified atom stereocenters. The van der Waals surface area contributed by atoms with Gasteiger partial charge < -0.3 is 14.9 Å². The van der Waals surface area contributed by atoms with Gasteiger partial charge in [-0.3, -0.25) is 0 Å². The van der Waals surface area contributed by atoms with E-state index in [9.17, 15) is 23.4 Å². The third kappa shape index (κ3) is 5.07. The molecule has 1 aromatic heterocycles. The summed E-state index contributed by atoms with van der Waals surface area (Å²) in [5.74, 6) is -0.503. The SMILES string of the molecule is COC(=O)c1ccc(CN([C@@H](CO)[C@H](C)O)S(=O)(=O)c2ccc(Cl)s2)cc1. The molecule has 148 valence electrons. The molecule has 10 heteroatoms. The number of rotatable bonds is 8. The second-order valence-electron chi connectivity index (χ2n) is 5.79. The van der Waals surface area contributed by atoms with Gasteiger partial charge in [0.2, 0.25) is 0 Å². The van der Waals surface area contributed by atoms with Crippen LogP contribution < -0.4 is 0 Å². The fourth-order valence-electron chi connectivity index (χ4n) is 2.46. The van der Waals surface area contributed by atoms with E-state index in [4.69, 9.17) is 11.6 Å². The first-order chi connectivity index (χ1) is 12.7. The number of esters is 1. The normalized spacial score (nSPS) is 14.1. The number of methoxy groups -OCH3 is 1. The van der Waals surface area contributed by atoms with Crippen LogP contribution in [0.5, 0.6) is 0 Å². The Labute approximate surface area is 166 Å². The number of hydrogen-bond donors (Lipinski definition) is 2. The average Bonchev–Trinajstić information content (AvgIpc) is 3.08. The zero-order valence-electron chi connectivity index (χ0n) is 14.7. The molecule has 2 atom stereocenters. The number of thiophene rings is 1. The molecule has 2 aromatic rings. The van der Waals surface area contributed by atoms with E-state index in [0.29, 0.717) is 15.5 Å². The minimum Gasteiger partial charge on any atom is -0.465 e. The van der Waals surface area contributed by atoms with Crippen LogP contribution in [-0.4, -0.2) is 54.8 Å². The molecule has 0 saturated heterocycles. The number of sulfonamides is 1. The molecule has 0 aliphatic carbocycles. The predicted molar refractivity (Wildman–Crippen MR) is 102 cm³/mol. The molecular formula is C17H20ClNO6S2. The van der Waals surface area contributed by atoms with Gasteiger partial charge in [0, 0.05) is 6.54 Å². The lowest BCUT2D eigenvalue weighted by Crippen LogP contribution is -2.47. The van der Waals surface area contributed by atoms with Gasteiger partial charge in [0.25, 0.3) is 10.0 Å². The van der Waals surface area contributed by atoms with E-state index >= 15 is 0 Å². The number of halogens is 1. The molecule has 27 heavy (non-hydrogen) atoms. The van der Waals surface area contributed by atoms with Gasteiger partial charge >= 0.3 is 5.97 Å². The summed E-state index contributed by atoms with van der Waals surface area (Å²) in [5, 5.41) is 19.6. The smallest absolute Gasteiger partial charge is 0.337 e. The quantitative estimate of drug-likeness (QED) is 0.618. The summed E-state index contributed by atoms with van der Waals surface area (Å²) < 4.78 is 32.1. The highest BCUT2D eigenvalue weighted by Gasteiger charge is 2.35. The fraction of sp³-hybridized carbons (Fsp3) is 0.353. The van der Waals surface area contributed by atoms with Gasteiger partial charge in [0.05, 0.1) is 35.8 Å². The average molecular weight is 434 g/mol. The number of nitrogens with zero attached hydrogens (tertiary/aromatic N) is 1. The van der Waals surface area contributed by atoms with Crippen molar-refractivity contribution in [1.29, 1.82) is 0 Å². The Kier molecular flexibility index (Phi) is 7.38. The molecule has 7 nitrogen and oxygen atoms in total. The Morgan fingerprint density at radius 1 is 1.26 bits per heavy atom. The summed E-state index contributed by atoms with van der Waals surface area (Å²) in [6, 6.07) is 8.02. The Bertz CT molecular complexity index is 879. The van der Waals surface area contributed by atoms with Crippen LogP contribution in [0.3, 0.4) is 0 Å². The highest BCUT2D eigenvalue weighted by molar-refractivity contribution is 7.91. The van der Waals surface area contributed by atoms with Crippen LogP contribution in [0.1, 0.15) is 22.8 Å². The van der Waals surface area contributed by atoms with Gasteiger partial charge in [-0.15, -0.1) is 11.3 Å². The van der Waals surface area contributed by atoms with Crippen LogP contribution in [0, 0.1) is 0 Å². The second kappa shape index (κ2) is 9.13. The molecule has 0 bridgehead atoms. The van der Waals surface area contributed by atoms with Crippen molar-refractivity contribution in [2.75, 3.05) is 13.7 Å². The minimum atomic E-state index is -4.01. The van der Waals surface area contributed by atoms with Gasteiger partial charge in [-0.2, -0.15) is 4.31 Å². The summed E-state index contributed by atoms with van der Waals surface area (Å²) in [5.41, 5.74) is 0.905. The largest absolute Gasteiger partial charge is 0.465 e. The van der Waals surface area contributed by atoms with E-state index in [0.717, 1.165) is 15.6 Å². The van der Waals surface area contributed by atoms with E-state index in [1.54, 1.807) is 12.1 Å². The molecule has 0 saturated carbocycles. The topological polar surface area (TPSA) is 104 Å². The first-order valence-electron chi connectivity index (χ1n) is 7.94. The van der Waals surface area contributed by atoms with Crippen molar-refractivity contribution >= 4 is 38.9 Å². The fourth-order valence-corrected chi connectivity index (χ4v) is 5.74. The first-order valence-corrected chi connectivity index (χ1v) is 10.6. The third-order valence-corrected chi connectivity index (χ3v) is 7.51. The molecule has 2 rings (SSSR count). The Morgan fingerprint density at radius 2 is 1.89 bits per heavy atom. The maximum atomic E-state index is 13.1. The predicted octanol–water partition coefficient (Wildman–Crippen LogP) is 2.12.